The average Bonchev–Trinajstić information content (AvgIpc) is 2.53. The maximum Gasteiger partial charge on any atom is 0.223 e. The van der Waals surface area contributed by atoms with E-state index in [1.165, 1.54) is 30.2 Å². The predicted molar refractivity (Wildman–Crippen MR) is 81.9 cm³/mol. The minimum absolute atomic E-state index is 0.227. The number of hydrogen-bond acceptors (Lipinski definition) is 4. The van der Waals surface area contributed by atoms with Gasteiger partial charge in [-0.25, -0.2) is 4.98 Å². The number of hydrogen-bond donors (Lipinski definition) is 0. The summed E-state index contributed by atoms with van der Waals surface area (Å²) in [5.41, 5.74) is 3.04. The monoisotopic (exact) mass is 301 g/mol. The van der Waals surface area contributed by atoms with Crippen LogP contribution in [0.25, 0.3) is 0 Å². The number of fused-ring (bicyclic) bond motifs is 1. The van der Waals surface area contributed by atoms with E-state index in [-0.39, 0.29) is 5.91 Å². The lowest BCUT2D eigenvalue weighted by molar-refractivity contribution is -0.132. The summed E-state index contributed by atoms with van der Waals surface area (Å²) in [7, 11) is 0. The van der Waals surface area contributed by atoms with Gasteiger partial charge in [0, 0.05) is 18.7 Å². The highest BCUT2D eigenvalue weighted by Crippen LogP contribution is 2.28. The molecule has 0 unspecified atom stereocenters. The second kappa shape index (κ2) is 6.48. The minimum Gasteiger partial charge on any atom is -0.333 e. The highest BCUT2D eigenvalue weighted by molar-refractivity contribution is 7.99. The fourth-order valence-electron chi connectivity index (χ4n) is 2.94. The van der Waals surface area contributed by atoms with Gasteiger partial charge in [0.05, 0.1) is 11.4 Å². The number of nitrogens with zero attached hydrogens (tertiary/aromatic N) is 3. The van der Waals surface area contributed by atoms with Gasteiger partial charge in [0.15, 0.2) is 0 Å². The van der Waals surface area contributed by atoms with Crippen LogP contribution in [-0.4, -0.2) is 28.2 Å². The number of likely N-dealkylation sites (tertiary alicyclic amines) is 1. The smallest absolute Gasteiger partial charge is 0.223 e. The van der Waals surface area contributed by atoms with E-state index in [1.54, 1.807) is 0 Å². The standard InChI is InChI=1S/C16H19N3OS/c17-10-13-9-12-5-1-2-6-14(12)18-16(13)21-11-19-8-4-3-7-15(19)20/h9H,1-8,11H2. The Morgan fingerprint density at radius 2 is 2.05 bits per heavy atom. The van der Waals surface area contributed by atoms with Crippen LogP contribution in [0.4, 0.5) is 0 Å². The lowest BCUT2D eigenvalue weighted by atomic mass is 9.95. The molecule has 1 aromatic rings. The SMILES string of the molecule is N#Cc1cc2c(nc1SCN1CCCCC1=O)CCCC2. The third kappa shape index (κ3) is 3.21. The summed E-state index contributed by atoms with van der Waals surface area (Å²) in [5.74, 6) is 0.837. The maximum absolute atomic E-state index is 11.8. The second-order valence-electron chi connectivity index (χ2n) is 5.65. The molecule has 110 valence electrons. The van der Waals surface area contributed by atoms with E-state index in [9.17, 15) is 10.1 Å². The van der Waals surface area contributed by atoms with Crippen molar-refractivity contribution < 1.29 is 4.79 Å². The number of carbonyl (C=O) groups is 1. The van der Waals surface area contributed by atoms with Crippen molar-refractivity contribution in [3.63, 3.8) is 0 Å². The number of aromatic nitrogens is 1. The van der Waals surface area contributed by atoms with Crippen molar-refractivity contribution in [3.05, 3.63) is 22.9 Å². The summed E-state index contributed by atoms with van der Waals surface area (Å²) in [5, 5.41) is 10.1. The van der Waals surface area contributed by atoms with Crippen LogP contribution in [0.2, 0.25) is 0 Å². The fraction of sp³-hybridized carbons (Fsp3) is 0.562. The van der Waals surface area contributed by atoms with Crippen molar-refractivity contribution in [2.24, 2.45) is 0 Å². The molecule has 0 aromatic carbocycles. The Hall–Kier alpha value is -1.54. The first-order valence-electron chi connectivity index (χ1n) is 7.61. The molecule has 2 heterocycles. The van der Waals surface area contributed by atoms with Gasteiger partial charge in [-0.15, -0.1) is 0 Å². The number of carbonyl (C=O) groups excluding carboxylic acids is 1. The molecule has 4 nitrogen and oxygen atoms in total. The van der Waals surface area contributed by atoms with Crippen LogP contribution in [0.1, 0.15) is 48.9 Å². The summed E-state index contributed by atoms with van der Waals surface area (Å²) >= 11 is 1.53. The highest BCUT2D eigenvalue weighted by atomic mass is 32.2. The number of piperidine rings is 1. The summed E-state index contributed by atoms with van der Waals surface area (Å²) in [6, 6.07) is 4.26. The first kappa shape index (κ1) is 14.4. The third-order valence-electron chi connectivity index (χ3n) is 4.16. The molecule has 3 rings (SSSR count). The first-order chi connectivity index (χ1) is 10.3. The van der Waals surface area contributed by atoms with Crippen LogP contribution >= 0.6 is 11.8 Å². The van der Waals surface area contributed by atoms with E-state index in [0.29, 0.717) is 17.9 Å². The number of nitriles is 1. The molecule has 0 atom stereocenters. The Kier molecular flexibility index (Phi) is 4.45. The Morgan fingerprint density at radius 3 is 2.86 bits per heavy atom. The molecule has 0 saturated carbocycles. The molecule has 1 saturated heterocycles. The number of rotatable bonds is 3. The average molecular weight is 301 g/mol. The second-order valence-corrected chi connectivity index (χ2v) is 6.59. The number of thioether (sulfide) groups is 1. The highest BCUT2D eigenvalue weighted by Gasteiger charge is 2.20. The number of amides is 1. The van der Waals surface area contributed by atoms with Gasteiger partial charge in [-0.05, 0) is 50.2 Å². The van der Waals surface area contributed by atoms with Gasteiger partial charge in [0.25, 0.3) is 0 Å². The topological polar surface area (TPSA) is 57.0 Å². The molecule has 0 radical (unpaired) electrons. The van der Waals surface area contributed by atoms with Crippen molar-refractivity contribution in [3.8, 4) is 6.07 Å². The normalized spacial score (nSPS) is 18.2. The fourth-order valence-corrected chi connectivity index (χ4v) is 3.93. The molecular formula is C16H19N3OS. The predicted octanol–water partition coefficient (Wildman–Crippen LogP) is 2.89. The Morgan fingerprint density at radius 1 is 1.24 bits per heavy atom. The van der Waals surface area contributed by atoms with Crippen molar-refractivity contribution in [2.75, 3.05) is 12.4 Å². The van der Waals surface area contributed by atoms with Gasteiger partial charge < -0.3 is 4.90 Å². The van der Waals surface area contributed by atoms with Crippen LogP contribution < -0.4 is 0 Å². The maximum atomic E-state index is 11.8. The molecule has 1 aliphatic heterocycles. The lowest BCUT2D eigenvalue weighted by Crippen LogP contribution is -2.34. The zero-order valence-corrected chi connectivity index (χ0v) is 12.9. The zero-order valence-electron chi connectivity index (χ0n) is 12.1. The van der Waals surface area contributed by atoms with Crippen LogP contribution in [0, 0.1) is 11.3 Å². The summed E-state index contributed by atoms with van der Waals surface area (Å²) in [6.45, 7) is 0.832. The van der Waals surface area contributed by atoms with Crippen LogP contribution in [0.3, 0.4) is 0 Å². The molecule has 0 spiro atoms. The Bertz CT molecular complexity index is 594. The molecule has 2 aliphatic rings. The largest absolute Gasteiger partial charge is 0.333 e. The molecular weight excluding hydrogens is 282 g/mol. The van der Waals surface area contributed by atoms with Gasteiger partial charge in [-0.1, -0.05) is 11.8 Å². The van der Waals surface area contributed by atoms with Crippen molar-refractivity contribution in [1.82, 2.24) is 9.88 Å². The molecule has 1 aromatic heterocycles. The lowest BCUT2D eigenvalue weighted by Gasteiger charge is -2.26. The van der Waals surface area contributed by atoms with Crippen molar-refractivity contribution in [2.45, 2.75) is 50.0 Å². The van der Waals surface area contributed by atoms with Crippen LogP contribution in [0.15, 0.2) is 11.1 Å². The van der Waals surface area contributed by atoms with E-state index in [2.05, 4.69) is 6.07 Å². The van der Waals surface area contributed by atoms with E-state index < -0.39 is 0 Å². The summed E-state index contributed by atoms with van der Waals surface area (Å²) < 4.78 is 0. The molecule has 0 bridgehead atoms. The van der Waals surface area contributed by atoms with Gasteiger partial charge in [-0.3, -0.25) is 4.79 Å². The van der Waals surface area contributed by atoms with Gasteiger partial charge in [-0.2, -0.15) is 5.26 Å². The minimum atomic E-state index is 0.227. The van der Waals surface area contributed by atoms with E-state index in [1.807, 2.05) is 11.0 Å². The Labute approximate surface area is 129 Å². The van der Waals surface area contributed by atoms with Crippen LogP contribution in [-0.2, 0) is 17.6 Å². The van der Waals surface area contributed by atoms with Crippen LogP contribution in [0.5, 0.6) is 0 Å². The number of pyridine rings is 1. The van der Waals surface area contributed by atoms with E-state index in [4.69, 9.17) is 4.98 Å². The Balaban J connectivity index is 1.75. The van der Waals surface area contributed by atoms with E-state index in [0.717, 1.165) is 42.9 Å². The van der Waals surface area contributed by atoms with Crippen molar-refractivity contribution in [1.29, 1.82) is 5.26 Å². The molecule has 0 N–H and O–H groups in total. The summed E-state index contributed by atoms with van der Waals surface area (Å²) in [6.07, 6.45) is 7.15. The molecule has 1 fully saturated rings. The molecule has 5 heteroatoms. The first-order valence-corrected chi connectivity index (χ1v) is 8.60. The molecule has 1 aliphatic carbocycles. The quantitative estimate of drug-likeness (QED) is 0.806. The summed E-state index contributed by atoms with van der Waals surface area (Å²) in [4.78, 5) is 18.4. The van der Waals surface area contributed by atoms with Gasteiger partial charge >= 0.3 is 0 Å². The molecule has 1 amide bonds. The van der Waals surface area contributed by atoms with Crippen molar-refractivity contribution >= 4 is 17.7 Å². The van der Waals surface area contributed by atoms with Gasteiger partial charge in [0.1, 0.15) is 11.1 Å². The third-order valence-corrected chi connectivity index (χ3v) is 5.19. The number of aryl methyl sites for hydroxylation is 2. The zero-order chi connectivity index (χ0) is 14.7. The van der Waals surface area contributed by atoms with E-state index >= 15 is 0 Å². The van der Waals surface area contributed by atoms with Gasteiger partial charge in [0.2, 0.25) is 5.91 Å². The molecule has 21 heavy (non-hydrogen) atoms.